The fourth-order valence-corrected chi connectivity index (χ4v) is 3.27. The van der Waals surface area contributed by atoms with Gasteiger partial charge in [-0.1, -0.05) is 6.07 Å². The molecular formula is C16H11N3O3S. The molecule has 7 heteroatoms. The van der Waals surface area contributed by atoms with E-state index >= 15 is 0 Å². The van der Waals surface area contributed by atoms with Gasteiger partial charge < -0.3 is 9.73 Å². The van der Waals surface area contributed by atoms with Crippen LogP contribution < -0.4 is 10.9 Å². The fourth-order valence-electron chi connectivity index (χ4n) is 2.33. The lowest BCUT2D eigenvalue weighted by molar-refractivity contribution is 0.0952. The second-order valence-electron chi connectivity index (χ2n) is 4.94. The van der Waals surface area contributed by atoms with Gasteiger partial charge >= 0.3 is 0 Å². The van der Waals surface area contributed by atoms with Gasteiger partial charge in [0.05, 0.1) is 23.1 Å². The SMILES string of the molecule is O=C(NCc1ccco1)c1cc2c(=O)n3ccccc3nc2s1. The molecule has 0 aliphatic rings. The number of nitrogens with one attached hydrogen (secondary N) is 1. The Balaban J connectivity index is 1.71. The molecule has 0 fully saturated rings. The van der Waals surface area contributed by atoms with Crippen LogP contribution in [0.15, 0.2) is 58.1 Å². The number of hydrogen-bond donors (Lipinski definition) is 1. The number of fused-ring (bicyclic) bond motifs is 2. The quantitative estimate of drug-likeness (QED) is 0.627. The van der Waals surface area contributed by atoms with Crippen molar-refractivity contribution in [3.05, 3.63) is 69.8 Å². The predicted molar refractivity (Wildman–Crippen MR) is 86.7 cm³/mol. The second kappa shape index (κ2) is 5.36. The largest absolute Gasteiger partial charge is 0.467 e. The van der Waals surface area contributed by atoms with Crippen LogP contribution in [-0.2, 0) is 6.54 Å². The van der Waals surface area contributed by atoms with Crippen molar-refractivity contribution >= 4 is 33.1 Å². The number of furan rings is 1. The van der Waals surface area contributed by atoms with Crippen molar-refractivity contribution in [3.63, 3.8) is 0 Å². The molecule has 0 aliphatic heterocycles. The molecule has 0 saturated heterocycles. The molecule has 0 bridgehead atoms. The van der Waals surface area contributed by atoms with Gasteiger partial charge in [0.1, 0.15) is 16.2 Å². The Morgan fingerprint density at radius 2 is 2.22 bits per heavy atom. The van der Waals surface area contributed by atoms with E-state index in [-0.39, 0.29) is 11.5 Å². The van der Waals surface area contributed by atoms with Crippen LogP contribution in [0.25, 0.3) is 15.9 Å². The van der Waals surface area contributed by atoms with E-state index in [0.29, 0.717) is 33.0 Å². The van der Waals surface area contributed by atoms with E-state index in [1.165, 1.54) is 15.7 Å². The van der Waals surface area contributed by atoms with Crippen LogP contribution in [-0.4, -0.2) is 15.3 Å². The van der Waals surface area contributed by atoms with E-state index in [0.717, 1.165) is 0 Å². The third-order valence-electron chi connectivity index (χ3n) is 3.44. The zero-order valence-corrected chi connectivity index (χ0v) is 12.7. The molecule has 0 aliphatic carbocycles. The number of rotatable bonds is 3. The summed E-state index contributed by atoms with van der Waals surface area (Å²) in [5, 5.41) is 3.21. The highest BCUT2D eigenvalue weighted by Gasteiger charge is 2.14. The minimum atomic E-state index is -0.252. The Labute approximate surface area is 134 Å². The molecule has 4 heterocycles. The number of pyridine rings is 1. The highest BCUT2D eigenvalue weighted by atomic mass is 32.1. The van der Waals surface area contributed by atoms with Crippen molar-refractivity contribution in [2.24, 2.45) is 0 Å². The van der Waals surface area contributed by atoms with Crippen LogP contribution in [0.3, 0.4) is 0 Å². The Hall–Kier alpha value is -2.93. The minimum Gasteiger partial charge on any atom is -0.467 e. The molecule has 4 rings (SSSR count). The van der Waals surface area contributed by atoms with E-state index in [1.54, 1.807) is 42.8 Å². The summed E-state index contributed by atoms with van der Waals surface area (Å²) in [4.78, 5) is 30.1. The van der Waals surface area contributed by atoms with Crippen LogP contribution in [0.4, 0.5) is 0 Å². The van der Waals surface area contributed by atoms with Gasteiger partial charge in [-0.3, -0.25) is 14.0 Å². The Morgan fingerprint density at radius 3 is 3.04 bits per heavy atom. The van der Waals surface area contributed by atoms with Crippen LogP contribution in [0, 0.1) is 0 Å². The molecule has 0 spiro atoms. The van der Waals surface area contributed by atoms with Crippen LogP contribution >= 0.6 is 11.3 Å². The average molecular weight is 325 g/mol. The van der Waals surface area contributed by atoms with Gasteiger partial charge in [0.15, 0.2) is 0 Å². The lowest BCUT2D eigenvalue weighted by Crippen LogP contribution is -2.21. The Bertz CT molecular complexity index is 1060. The van der Waals surface area contributed by atoms with Gasteiger partial charge in [0, 0.05) is 6.20 Å². The van der Waals surface area contributed by atoms with Gasteiger partial charge in [-0.25, -0.2) is 4.98 Å². The van der Waals surface area contributed by atoms with Crippen molar-refractivity contribution in [3.8, 4) is 0 Å². The van der Waals surface area contributed by atoms with Gasteiger partial charge in [-0.05, 0) is 30.3 Å². The third kappa shape index (κ3) is 2.40. The van der Waals surface area contributed by atoms with E-state index in [4.69, 9.17) is 4.42 Å². The van der Waals surface area contributed by atoms with Gasteiger partial charge in [0.2, 0.25) is 0 Å². The Kier molecular flexibility index (Phi) is 3.20. The topological polar surface area (TPSA) is 76.6 Å². The van der Waals surface area contributed by atoms with E-state index in [9.17, 15) is 9.59 Å². The molecule has 0 radical (unpaired) electrons. The maximum Gasteiger partial charge on any atom is 0.266 e. The normalized spacial score (nSPS) is 11.1. The van der Waals surface area contributed by atoms with Gasteiger partial charge in [0.25, 0.3) is 11.5 Å². The smallest absolute Gasteiger partial charge is 0.266 e. The summed E-state index contributed by atoms with van der Waals surface area (Å²) in [6, 6.07) is 10.5. The number of amides is 1. The number of thiophene rings is 1. The summed E-state index contributed by atoms with van der Waals surface area (Å²) in [6.07, 6.45) is 3.22. The third-order valence-corrected chi connectivity index (χ3v) is 4.47. The number of aromatic nitrogens is 2. The summed E-state index contributed by atoms with van der Waals surface area (Å²) < 4.78 is 6.64. The van der Waals surface area contributed by atoms with Crippen molar-refractivity contribution < 1.29 is 9.21 Å². The van der Waals surface area contributed by atoms with Gasteiger partial charge in [-0.15, -0.1) is 11.3 Å². The average Bonchev–Trinajstić information content (AvgIpc) is 3.22. The Morgan fingerprint density at radius 1 is 1.30 bits per heavy atom. The molecule has 1 amide bonds. The predicted octanol–water partition coefficient (Wildman–Crippen LogP) is 2.43. The molecule has 0 atom stereocenters. The molecule has 23 heavy (non-hydrogen) atoms. The molecule has 6 nitrogen and oxygen atoms in total. The number of carbonyl (C=O) groups is 1. The highest BCUT2D eigenvalue weighted by Crippen LogP contribution is 2.22. The fraction of sp³-hybridized carbons (Fsp3) is 0.0625. The second-order valence-corrected chi connectivity index (χ2v) is 5.97. The standard InChI is InChI=1S/C16H11N3O3S/c20-14(17-9-10-4-3-7-22-10)12-8-11-15(23-12)18-13-5-1-2-6-19(13)16(11)21/h1-8H,9H2,(H,17,20). The molecule has 4 aromatic rings. The maximum atomic E-state index is 12.5. The number of hydrogen-bond acceptors (Lipinski definition) is 5. The number of nitrogens with zero attached hydrogens (tertiary/aromatic N) is 2. The van der Waals surface area contributed by atoms with E-state index in [2.05, 4.69) is 10.3 Å². The zero-order chi connectivity index (χ0) is 15.8. The molecule has 1 N–H and O–H groups in total. The van der Waals surface area contributed by atoms with E-state index in [1.807, 2.05) is 6.07 Å². The van der Waals surface area contributed by atoms with Crippen molar-refractivity contribution in [1.29, 1.82) is 0 Å². The van der Waals surface area contributed by atoms with Crippen LogP contribution in [0.1, 0.15) is 15.4 Å². The summed E-state index contributed by atoms with van der Waals surface area (Å²) in [5.41, 5.74) is 0.390. The first kappa shape index (κ1) is 13.7. The molecule has 114 valence electrons. The summed E-state index contributed by atoms with van der Waals surface area (Å²) in [5.74, 6) is 0.418. The summed E-state index contributed by atoms with van der Waals surface area (Å²) >= 11 is 1.20. The molecule has 0 saturated carbocycles. The van der Waals surface area contributed by atoms with Crippen LogP contribution in [0.2, 0.25) is 0 Å². The maximum absolute atomic E-state index is 12.5. The van der Waals surface area contributed by atoms with Crippen molar-refractivity contribution in [2.45, 2.75) is 6.54 Å². The minimum absolute atomic E-state index is 0.174. The first-order valence-electron chi connectivity index (χ1n) is 6.94. The molecular weight excluding hydrogens is 314 g/mol. The van der Waals surface area contributed by atoms with Gasteiger partial charge in [-0.2, -0.15) is 0 Å². The summed E-state index contributed by atoms with van der Waals surface area (Å²) in [7, 11) is 0. The first-order valence-corrected chi connectivity index (χ1v) is 7.75. The zero-order valence-electron chi connectivity index (χ0n) is 11.9. The van der Waals surface area contributed by atoms with Crippen LogP contribution in [0.5, 0.6) is 0 Å². The molecule has 0 aromatic carbocycles. The molecule has 4 aromatic heterocycles. The first-order chi connectivity index (χ1) is 11.2. The van der Waals surface area contributed by atoms with Crippen molar-refractivity contribution in [2.75, 3.05) is 0 Å². The van der Waals surface area contributed by atoms with Crippen molar-refractivity contribution in [1.82, 2.24) is 14.7 Å². The lowest BCUT2D eigenvalue weighted by atomic mass is 10.3. The monoisotopic (exact) mass is 325 g/mol. The summed E-state index contributed by atoms with van der Waals surface area (Å²) in [6.45, 7) is 0.300. The number of carbonyl (C=O) groups excluding carboxylic acids is 1. The molecule has 0 unspecified atom stereocenters. The highest BCUT2D eigenvalue weighted by molar-refractivity contribution is 7.20. The van der Waals surface area contributed by atoms with E-state index < -0.39 is 0 Å². The lowest BCUT2D eigenvalue weighted by Gasteiger charge is -1.99.